The van der Waals surface area contributed by atoms with Crippen LogP contribution in [-0.2, 0) is 20.7 Å². The Hall–Kier alpha value is -4.13. The SMILES string of the molecule is CCOc1ccc(NC(=O)c2ccccc2NC(=O)CCC(=O)OCCc2ccccc2)cc1. The van der Waals surface area contributed by atoms with E-state index in [2.05, 4.69) is 10.6 Å². The summed E-state index contributed by atoms with van der Waals surface area (Å²) in [6.45, 7) is 2.72. The summed E-state index contributed by atoms with van der Waals surface area (Å²) in [6.07, 6.45) is 0.537. The van der Waals surface area contributed by atoms with Gasteiger partial charge in [0.2, 0.25) is 5.91 Å². The van der Waals surface area contributed by atoms with Crippen molar-refractivity contribution in [3.8, 4) is 5.75 Å². The minimum atomic E-state index is -0.437. The van der Waals surface area contributed by atoms with Crippen LogP contribution in [0.1, 0.15) is 35.7 Å². The van der Waals surface area contributed by atoms with E-state index in [0.29, 0.717) is 35.7 Å². The molecule has 3 rings (SSSR count). The highest BCUT2D eigenvalue weighted by atomic mass is 16.5. The van der Waals surface area contributed by atoms with Gasteiger partial charge in [0.15, 0.2) is 0 Å². The molecule has 7 heteroatoms. The molecule has 0 fully saturated rings. The number of hydrogen-bond acceptors (Lipinski definition) is 5. The number of ether oxygens (including phenoxy) is 2. The van der Waals surface area contributed by atoms with Gasteiger partial charge in [0, 0.05) is 18.5 Å². The topological polar surface area (TPSA) is 93.7 Å². The Labute approximate surface area is 199 Å². The van der Waals surface area contributed by atoms with Crippen LogP contribution in [0.5, 0.6) is 5.75 Å². The average Bonchev–Trinajstić information content (AvgIpc) is 2.85. The first-order chi connectivity index (χ1) is 16.5. The van der Waals surface area contributed by atoms with Gasteiger partial charge in [-0.1, -0.05) is 42.5 Å². The molecule has 0 atom stereocenters. The van der Waals surface area contributed by atoms with Crippen molar-refractivity contribution < 1.29 is 23.9 Å². The molecule has 0 aliphatic rings. The van der Waals surface area contributed by atoms with Gasteiger partial charge in [-0.05, 0) is 48.9 Å². The van der Waals surface area contributed by atoms with Crippen molar-refractivity contribution in [3.63, 3.8) is 0 Å². The lowest BCUT2D eigenvalue weighted by atomic mass is 10.1. The zero-order valence-electron chi connectivity index (χ0n) is 19.1. The summed E-state index contributed by atoms with van der Waals surface area (Å²) >= 11 is 0. The van der Waals surface area contributed by atoms with Crippen molar-refractivity contribution in [2.45, 2.75) is 26.2 Å². The molecule has 0 heterocycles. The van der Waals surface area contributed by atoms with Gasteiger partial charge in [0.25, 0.3) is 5.91 Å². The molecule has 3 aromatic rings. The molecule has 0 aromatic heterocycles. The maximum absolute atomic E-state index is 12.8. The second-order valence-corrected chi connectivity index (χ2v) is 7.46. The number of rotatable bonds is 11. The molecule has 0 aliphatic heterocycles. The Bertz CT molecular complexity index is 1100. The summed E-state index contributed by atoms with van der Waals surface area (Å²) in [6, 6.07) is 23.4. The van der Waals surface area contributed by atoms with Crippen molar-refractivity contribution in [2.24, 2.45) is 0 Å². The molecule has 0 aliphatic carbocycles. The van der Waals surface area contributed by atoms with Crippen LogP contribution in [0.3, 0.4) is 0 Å². The molecule has 3 aromatic carbocycles. The zero-order valence-corrected chi connectivity index (χ0v) is 19.1. The molecule has 176 valence electrons. The van der Waals surface area contributed by atoms with Crippen molar-refractivity contribution in [3.05, 3.63) is 90.0 Å². The highest BCUT2D eigenvalue weighted by Gasteiger charge is 2.15. The van der Waals surface area contributed by atoms with Gasteiger partial charge < -0.3 is 20.1 Å². The van der Waals surface area contributed by atoms with Gasteiger partial charge in [-0.2, -0.15) is 0 Å². The molecule has 0 saturated carbocycles. The lowest BCUT2D eigenvalue weighted by Gasteiger charge is -2.12. The van der Waals surface area contributed by atoms with Crippen molar-refractivity contribution >= 4 is 29.2 Å². The van der Waals surface area contributed by atoms with Crippen molar-refractivity contribution in [1.29, 1.82) is 0 Å². The molecule has 2 N–H and O–H groups in total. The number of amides is 2. The molecule has 0 bridgehead atoms. The highest BCUT2D eigenvalue weighted by molar-refractivity contribution is 6.10. The summed E-state index contributed by atoms with van der Waals surface area (Å²) < 4.78 is 10.6. The lowest BCUT2D eigenvalue weighted by molar-refractivity contribution is -0.144. The fraction of sp³-hybridized carbons (Fsp3) is 0.222. The quantitative estimate of drug-likeness (QED) is 0.399. The number of esters is 1. The first-order valence-electron chi connectivity index (χ1n) is 11.2. The fourth-order valence-electron chi connectivity index (χ4n) is 3.22. The fourth-order valence-corrected chi connectivity index (χ4v) is 3.22. The van der Waals surface area contributed by atoms with Crippen LogP contribution in [0.4, 0.5) is 11.4 Å². The Balaban J connectivity index is 1.48. The van der Waals surface area contributed by atoms with Crippen LogP contribution in [0, 0.1) is 0 Å². The van der Waals surface area contributed by atoms with Crippen LogP contribution in [0.2, 0.25) is 0 Å². The van der Waals surface area contributed by atoms with Crippen LogP contribution in [0.15, 0.2) is 78.9 Å². The van der Waals surface area contributed by atoms with Gasteiger partial charge in [-0.15, -0.1) is 0 Å². The van der Waals surface area contributed by atoms with Gasteiger partial charge in [0.05, 0.1) is 30.9 Å². The van der Waals surface area contributed by atoms with Crippen LogP contribution in [0.25, 0.3) is 0 Å². The zero-order chi connectivity index (χ0) is 24.2. The summed E-state index contributed by atoms with van der Waals surface area (Å²) in [7, 11) is 0. The minimum Gasteiger partial charge on any atom is -0.494 e. The Morgan fingerprint density at radius 1 is 0.794 bits per heavy atom. The standard InChI is InChI=1S/C27H28N2O5/c1-2-33-22-14-12-21(13-15-22)28-27(32)23-10-6-7-11-24(23)29-25(30)16-17-26(31)34-19-18-20-8-4-3-5-9-20/h3-15H,2,16-19H2,1H3,(H,28,32)(H,29,30). The molecule has 0 unspecified atom stereocenters. The Morgan fingerprint density at radius 3 is 2.24 bits per heavy atom. The lowest BCUT2D eigenvalue weighted by Crippen LogP contribution is -2.19. The summed E-state index contributed by atoms with van der Waals surface area (Å²) in [5.41, 5.74) is 2.37. The van der Waals surface area contributed by atoms with Gasteiger partial charge >= 0.3 is 5.97 Å². The van der Waals surface area contributed by atoms with Crippen LogP contribution < -0.4 is 15.4 Å². The molecule has 0 spiro atoms. The number of carbonyl (C=O) groups is 3. The van der Waals surface area contributed by atoms with E-state index in [-0.39, 0.29) is 31.3 Å². The van der Waals surface area contributed by atoms with E-state index in [1.165, 1.54) is 0 Å². The summed E-state index contributed by atoms with van der Waals surface area (Å²) in [5, 5.41) is 5.52. The molecule has 0 radical (unpaired) electrons. The molecule has 2 amide bonds. The third-order valence-electron chi connectivity index (χ3n) is 4.92. The van der Waals surface area contributed by atoms with Gasteiger partial charge in [0.1, 0.15) is 5.75 Å². The van der Waals surface area contributed by atoms with E-state index >= 15 is 0 Å². The average molecular weight is 461 g/mol. The van der Waals surface area contributed by atoms with E-state index < -0.39 is 5.97 Å². The number of anilines is 2. The Kier molecular flexibility index (Phi) is 9.22. The number of hydrogen-bond donors (Lipinski definition) is 2. The normalized spacial score (nSPS) is 10.3. The maximum Gasteiger partial charge on any atom is 0.306 e. The van der Waals surface area contributed by atoms with E-state index in [1.807, 2.05) is 37.3 Å². The molecule has 0 saturated heterocycles. The van der Waals surface area contributed by atoms with Gasteiger partial charge in [-0.25, -0.2) is 0 Å². The summed E-state index contributed by atoms with van der Waals surface area (Å²) in [5.74, 6) is -0.457. The predicted octanol–water partition coefficient (Wildman–Crippen LogP) is 4.84. The van der Waals surface area contributed by atoms with Gasteiger partial charge in [-0.3, -0.25) is 14.4 Å². The Morgan fingerprint density at radius 2 is 1.50 bits per heavy atom. The van der Waals surface area contributed by atoms with E-state index in [1.54, 1.807) is 48.5 Å². The third-order valence-corrected chi connectivity index (χ3v) is 4.92. The summed E-state index contributed by atoms with van der Waals surface area (Å²) in [4.78, 5) is 37.1. The second-order valence-electron chi connectivity index (χ2n) is 7.46. The van der Waals surface area contributed by atoms with Crippen LogP contribution >= 0.6 is 0 Å². The maximum atomic E-state index is 12.8. The van der Waals surface area contributed by atoms with Crippen LogP contribution in [-0.4, -0.2) is 31.0 Å². The number of nitrogens with one attached hydrogen (secondary N) is 2. The first-order valence-corrected chi connectivity index (χ1v) is 11.2. The molecular weight excluding hydrogens is 432 g/mol. The second kappa shape index (κ2) is 12.8. The molecular formula is C27H28N2O5. The monoisotopic (exact) mass is 460 g/mol. The molecule has 34 heavy (non-hydrogen) atoms. The number of carbonyl (C=O) groups excluding carboxylic acids is 3. The smallest absolute Gasteiger partial charge is 0.306 e. The van der Waals surface area contributed by atoms with E-state index in [0.717, 1.165) is 5.56 Å². The largest absolute Gasteiger partial charge is 0.494 e. The predicted molar refractivity (Wildman–Crippen MR) is 131 cm³/mol. The number of para-hydroxylation sites is 1. The minimum absolute atomic E-state index is 0.0405. The van der Waals surface area contributed by atoms with Crippen molar-refractivity contribution in [2.75, 3.05) is 23.8 Å². The number of benzene rings is 3. The highest BCUT2D eigenvalue weighted by Crippen LogP contribution is 2.20. The molecule has 7 nitrogen and oxygen atoms in total. The third kappa shape index (κ3) is 7.78. The van der Waals surface area contributed by atoms with E-state index in [4.69, 9.17) is 9.47 Å². The van der Waals surface area contributed by atoms with Crippen molar-refractivity contribution in [1.82, 2.24) is 0 Å². The first kappa shape index (κ1) is 24.5. The van der Waals surface area contributed by atoms with E-state index in [9.17, 15) is 14.4 Å².